The molecule has 1 aromatic carbocycles. The topological polar surface area (TPSA) is 57.7 Å². The summed E-state index contributed by atoms with van der Waals surface area (Å²) in [7, 11) is 0. The zero-order chi connectivity index (χ0) is 19.7. The molecule has 0 spiro atoms. The maximum atomic E-state index is 13.6. The molecule has 1 aliphatic carbocycles. The number of anilines is 1. The number of para-hydroxylation sites is 1. The van der Waals surface area contributed by atoms with Gasteiger partial charge in [-0.15, -0.1) is 0 Å². The number of thioether (sulfide) groups is 1. The van der Waals surface area contributed by atoms with Crippen LogP contribution in [0.2, 0.25) is 0 Å². The number of likely N-dealkylation sites (tertiary alicyclic amines) is 1. The maximum absolute atomic E-state index is 13.6. The van der Waals surface area contributed by atoms with E-state index >= 15 is 0 Å². The normalized spacial score (nSPS) is 25.5. The van der Waals surface area contributed by atoms with Crippen LogP contribution >= 0.6 is 11.8 Å². The van der Waals surface area contributed by atoms with Crippen LogP contribution in [-0.4, -0.2) is 47.2 Å². The lowest BCUT2D eigenvalue weighted by atomic mass is 9.81. The van der Waals surface area contributed by atoms with E-state index in [2.05, 4.69) is 6.07 Å². The fourth-order valence-corrected chi connectivity index (χ4v) is 5.49. The molecule has 0 N–H and O–H groups in total. The first-order valence-corrected chi connectivity index (χ1v) is 11.8. The standard InChI is InChI=1S/C22H28N2O3S/c1-28-14-12-19(24-20(25)16-9-3-4-10-17(16)21(24)26)22(27)23-13-6-8-15-7-2-5-11-18(15)23/h2,5,7,11,16-17,19H,3-4,6,8-10,12-14H2,1H3. The first-order valence-electron chi connectivity index (χ1n) is 10.4. The fraction of sp³-hybridized carbons (Fsp3) is 0.591. The number of rotatable bonds is 5. The third kappa shape index (κ3) is 3.36. The van der Waals surface area contributed by atoms with Gasteiger partial charge in [-0.25, -0.2) is 0 Å². The molecule has 5 nitrogen and oxygen atoms in total. The van der Waals surface area contributed by atoms with Gasteiger partial charge in [0, 0.05) is 12.2 Å². The SMILES string of the molecule is CSCCC(C(=O)N1CCCc2ccccc21)N1C(=O)C2CCCCC2C1=O. The lowest BCUT2D eigenvalue weighted by Crippen LogP contribution is -2.52. The van der Waals surface area contributed by atoms with Gasteiger partial charge < -0.3 is 4.90 Å². The Morgan fingerprint density at radius 1 is 1.11 bits per heavy atom. The minimum absolute atomic E-state index is 0.0958. The van der Waals surface area contributed by atoms with Crippen LogP contribution in [0.15, 0.2) is 24.3 Å². The number of fused-ring (bicyclic) bond motifs is 2. The first kappa shape index (κ1) is 19.5. The predicted octanol–water partition coefficient (Wildman–Crippen LogP) is 3.26. The first-order chi connectivity index (χ1) is 13.6. The summed E-state index contributed by atoms with van der Waals surface area (Å²) in [6, 6.07) is 7.31. The van der Waals surface area contributed by atoms with Crippen LogP contribution in [0.5, 0.6) is 0 Å². The van der Waals surface area contributed by atoms with Gasteiger partial charge in [0.15, 0.2) is 0 Å². The highest BCUT2D eigenvalue weighted by atomic mass is 32.2. The molecule has 2 fully saturated rings. The van der Waals surface area contributed by atoms with E-state index in [-0.39, 0.29) is 29.6 Å². The second kappa shape index (κ2) is 8.27. The van der Waals surface area contributed by atoms with Crippen molar-refractivity contribution in [2.75, 3.05) is 23.5 Å². The van der Waals surface area contributed by atoms with E-state index in [4.69, 9.17) is 0 Å². The molecule has 1 saturated carbocycles. The van der Waals surface area contributed by atoms with E-state index < -0.39 is 6.04 Å². The lowest BCUT2D eigenvalue weighted by molar-refractivity contribution is -0.147. The number of hydrogen-bond acceptors (Lipinski definition) is 4. The Bertz CT molecular complexity index is 757. The molecule has 1 aromatic rings. The molecule has 1 saturated heterocycles. The van der Waals surface area contributed by atoms with Crippen LogP contribution in [-0.2, 0) is 20.8 Å². The highest BCUT2D eigenvalue weighted by Crippen LogP contribution is 2.40. The van der Waals surface area contributed by atoms with Gasteiger partial charge in [0.2, 0.25) is 17.7 Å². The molecular formula is C22H28N2O3S. The summed E-state index contributed by atoms with van der Waals surface area (Å²) in [6.45, 7) is 0.648. The molecule has 3 amide bonds. The average molecular weight is 401 g/mol. The van der Waals surface area contributed by atoms with Gasteiger partial charge >= 0.3 is 0 Å². The quantitative estimate of drug-likeness (QED) is 0.712. The van der Waals surface area contributed by atoms with Crippen LogP contribution in [0.1, 0.15) is 44.1 Å². The van der Waals surface area contributed by atoms with Crippen molar-refractivity contribution in [1.82, 2.24) is 4.90 Å². The van der Waals surface area contributed by atoms with Crippen LogP contribution in [0, 0.1) is 11.8 Å². The summed E-state index contributed by atoms with van der Waals surface area (Å²) in [5, 5.41) is 0. The van der Waals surface area contributed by atoms with Crippen molar-refractivity contribution in [3.05, 3.63) is 29.8 Å². The minimum atomic E-state index is -0.677. The van der Waals surface area contributed by atoms with E-state index in [1.807, 2.05) is 29.4 Å². The van der Waals surface area contributed by atoms with Gasteiger partial charge in [-0.1, -0.05) is 31.0 Å². The Hall–Kier alpha value is -1.82. The molecule has 3 aliphatic rings. The Morgan fingerprint density at radius 3 is 2.46 bits per heavy atom. The lowest BCUT2D eigenvalue weighted by Gasteiger charge is -2.35. The maximum Gasteiger partial charge on any atom is 0.250 e. The number of hydrogen-bond donors (Lipinski definition) is 0. The van der Waals surface area contributed by atoms with Crippen LogP contribution < -0.4 is 4.90 Å². The van der Waals surface area contributed by atoms with Gasteiger partial charge in [0.1, 0.15) is 6.04 Å². The van der Waals surface area contributed by atoms with Gasteiger partial charge in [0.05, 0.1) is 11.8 Å². The van der Waals surface area contributed by atoms with Crippen molar-refractivity contribution < 1.29 is 14.4 Å². The van der Waals surface area contributed by atoms with Crippen molar-refractivity contribution in [3.63, 3.8) is 0 Å². The van der Waals surface area contributed by atoms with Crippen molar-refractivity contribution in [1.29, 1.82) is 0 Å². The van der Waals surface area contributed by atoms with E-state index in [1.165, 1.54) is 10.5 Å². The summed E-state index contributed by atoms with van der Waals surface area (Å²) in [5.41, 5.74) is 2.10. The molecule has 2 heterocycles. The summed E-state index contributed by atoms with van der Waals surface area (Å²) >= 11 is 1.65. The van der Waals surface area contributed by atoms with E-state index in [0.29, 0.717) is 13.0 Å². The van der Waals surface area contributed by atoms with E-state index in [9.17, 15) is 14.4 Å². The number of carbonyl (C=O) groups excluding carboxylic acids is 3. The Morgan fingerprint density at radius 2 is 1.79 bits per heavy atom. The molecule has 3 unspecified atom stereocenters. The Kier molecular flexibility index (Phi) is 5.76. The number of nitrogens with zero attached hydrogens (tertiary/aromatic N) is 2. The zero-order valence-corrected chi connectivity index (χ0v) is 17.2. The Labute approximate surface area is 170 Å². The number of benzene rings is 1. The molecule has 4 rings (SSSR count). The van der Waals surface area contributed by atoms with Crippen LogP contribution in [0.4, 0.5) is 5.69 Å². The summed E-state index contributed by atoms with van der Waals surface area (Å²) in [6.07, 6.45) is 7.93. The second-order valence-corrected chi connectivity index (χ2v) is 9.05. The second-order valence-electron chi connectivity index (χ2n) is 8.06. The predicted molar refractivity (Wildman–Crippen MR) is 111 cm³/mol. The third-order valence-electron chi connectivity index (χ3n) is 6.44. The van der Waals surface area contributed by atoms with E-state index in [1.54, 1.807) is 11.8 Å². The molecule has 0 bridgehead atoms. The highest BCUT2D eigenvalue weighted by Gasteiger charge is 2.52. The summed E-state index contributed by atoms with van der Waals surface area (Å²) < 4.78 is 0. The molecule has 28 heavy (non-hydrogen) atoms. The van der Waals surface area contributed by atoms with Gasteiger partial charge in [-0.2, -0.15) is 11.8 Å². The van der Waals surface area contributed by atoms with Crippen molar-refractivity contribution in [3.8, 4) is 0 Å². The number of imide groups is 1. The average Bonchev–Trinajstić information content (AvgIpc) is 2.99. The van der Waals surface area contributed by atoms with Crippen molar-refractivity contribution in [2.24, 2.45) is 11.8 Å². The smallest absolute Gasteiger partial charge is 0.250 e. The highest BCUT2D eigenvalue weighted by molar-refractivity contribution is 7.98. The minimum Gasteiger partial charge on any atom is -0.310 e. The van der Waals surface area contributed by atoms with Gasteiger partial charge in [0.25, 0.3) is 0 Å². The molecule has 2 aliphatic heterocycles. The van der Waals surface area contributed by atoms with Gasteiger partial charge in [-0.3, -0.25) is 19.3 Å². The van der Waals surface area contributed by atoms with Crippen LogP contribution in [0.3, 0.4) is 0 Å². The number of aryl methyl sites for hydroxylation is 1. The molecule has 150 valence electrons. The van der Waals surface area contributed by atoms with Crippen molar-refractivity contribution >= 4 is 35.2 Å². The molecule has 0 aromatic heterocycles. The molecule has 3 atom stereocenters. The van der Waals surface area contributed by atoms with Crippen molar-refractivity contribution in [2.45, 2.75) is 51.0 Å². The molecule has 6 heteroatoms. The van der Waals surface area contributed by atoms with Crippen LogP contribution in [0.25, 0.3) is 0 Å². The number of carbonyl (C=O) groups is 3. The largest absolute Gasteiger partial charge is 0.310 e. The fourth-order valence-electron chi connectivity index (χ4n) is 5.03. The molecule has 0 radical (unpaired) electrons. The summed E-state index contributed by atoms with van der Waals surface area (Å²) in [5.74, 6) is 0.0116. The molecular weight excluding hydrogens is 372 g/mol. The van der Waals surface area contributed by atoms with E-state index in [0.717, 1.165) is 50.0 Å². The monoisotopic (exact) mass is 400 g/mol. The number of amides is 3. The van der Waals surface area contributed by atoms with Gasteiger partial charge in [-0.05, 0) is 55.7 Å². The zero-order valence-electron chi connectivity index (χ0n) is 16.4. The third-order valence-corrected chi connectivity index (χ3v) is 7.09. The summed E-state index contributed by atoms with van der Waals surface area (Å²) in [4.78, 5) is 43.0. The Balaban J connectivity index is 1.64.